The minimum Gasteiger partial charge on any atom is -0.309 e. The van der Waals surface area contributed by atoms with E-state index in [0.29, 0.717) is 35.0 Å². The van der Waals surface area contributed by atoms with Gasteiger partial charge in [0, 0.05) is 58.5 Å². The maximum atomic E-state index is 6.82. The van der Waals surface area contributed by atoms with Crippen molar-refractivity contribution in [3.63, 3.8) is 0 Å². The molecule has 8 heteroatoms. The molecule has 2 atom stereocenters. The van der Waals surface area contributed by atoms with Gasteiger partial charge in [-0.25, -0.2) is 0 Å². The fourth-order valence-corrected chi connectivity index (χ4v) is 5.49. The van der Waals surface area contributed by atoms with Crippen molar-refractivity contribution in [3.05, 3.63) is 57.6 Å². The molecular weight excluding hydrogens is 443 g/mol. The second kappa shape index (κ2) is 8.52. The number of nitrogens with one attached hydrogen (secondary N) is 2. The number of nitrogens with zero attached hydrogens (tertiary/aromatic N) is 2. The highest BCUT2D eigenvalue weighted by Crippen LogP contribution is 2.38. The van der Waals surface area contributed by atoms with Gasteiger partial charge in [0.05, 0.1) is 22.7 Å². The van der Waals surface area contributed by atoms with Crippen LogP contribution in [-0.2, 0) is 11.3 Å². The van der Waals surface area contributed by atoms with Crippen molar-refractivity contribution < 1.29 is 0 Å². The molecule has 1 fully saturated rings. The molecule has 6 N–H and O–H groups in total. The quantitative estimate of drug-likeness (QED) is 0.489. The van der Waals surface area contributed by atoms with Crippen LogP contribution in [0.15, 0.2) is 46.4 Å². The van der Waals surface area contributed by atoms with Crippen LogP contribution >= 0.6 is 23.2 Å². The zero-order valence-corrected chi connectivity index (χ0v) is 19.3. The summed E-state index contributed by atoms with van der Waals surface area (Å²) in [5, 5.41) is 8.77. The van der Waals surface area contributed by atoms with Gasteiger partial charge in [0.15, 0.2) is 0 Å². The lowest BCUT2D eigenvalue weighted by molar-refractivity contribution is 0.206. The van der Waals surface area contributed by atoms with Gasteiger partial charge >= 0.3 is 0 Å². The van der Waals surface area contributed by atoms with Gasteiger partial charge in [-0.3, -0.25) is 20.6 Å². The summed E-state index contributed by atoms with van der Waals surface area (Å²) in [5.74, 6) is 0. The predicted octanol–water partition coefficient (Wildman–Crippen LogP) is 4.62. The molecule has 2 aromatic carbocycles. The van der Waals surface area contributed by atoms with Crippen LogP contribution in [0.3, 0.4) is 0 Å². The monoisotopic (exact) mass is 470 g/mol. The lowest BCUT2D eigenvalue weighted by Gasteiger charge is -2.42. The van der Waals surface area contributed by atoms with Gasteiger partial charge in [0.2, 0.25) is 0 Å². The third kappa shape index (κ3) is 4.23. The fourth-order valence-electron chi connectivity index (χ4n) is 5.16. The van der Waals surface area contributed by atoms with Gasteiger partial charge in [0.1, 0.15) is 0 Å². The molecule has 168 valence electrons. The second-order valence-corrected chi connectivity index (χ2v) is 10.0. The average Bonchev–Trinajstić information content (AvgIpc) is 2.75. The maximum Gasteiger partial charge on any atom is 0.0998 e. The molecule has 0 amide bonds. The van der Waals surface area contributed by atoms with E-state index in [2.05, 4.69) is 20.6 Å². The smallest absolute Gasteiger partial charge is 0.0998 e. The molecule has 32 heavy (non-hydrogen) atoms. The Bertz CT molecular complexity index is 993. The number of benzene rings is 2. The van der Waals surface area contributed by atoms with Crippen LogP contribution in [0, 0.1) is 0 Å². The topological polar surface area (TPSA) is 101 Å². The van der Waals surface area contributed by atoms with Crippen LogP contribution in [-0.4, -0.2) is 24.5 Å². The lowest BCUT2D eigenvalue weighted by atomic mass is 9.85. The van der Waals surface area contributed by atoms with E-state index in [-0.39, 0.29) is 0 Å². The minimum atomic E-state index is -0.625. The van der Waals surface area contributed by atoms with Crippen molar-refractivity contribution in [2.24, 2.45) is 21.5 Å². The Morgan fingerprint density at radius 3 is 1.53 bits per heavy atom. The Balaban J connectivity index is 1.23. The zero-order valence-electron chi connectivity index (χ0n) is 17.8. The largest absolute Gasteiger partial charge is 0.309 e. The van der Waals surface area contributed by atoms with Gasteiger partial charge < -0.3 is 11.5 Å². The number of halogens is 2. The SMILES string of the molecule is NC1(NC2CCC(NC3(N)CC=Nc4cc(Cl)ccc43)CC2)CC=Nc2cc(Cl)ccc21. The summed E-state index contributed by atoms with van der Waals surface area (Å²) >= 11 is 12.3. The minimum absolute atomic E-state index is 0.334. The first-order valence-corrected chi connectivity index (χ1v) is 11.9. The molecule has 0 radical (unpaired) electrons. The first kappa shape index (κ1) is 22.0. The van der Waals surface area contributed by atoms with Crippen molar-refractivity contribution in [2.45, 2.75) is 61.9 Å². The van der Waals surface area contributed by atoms with Crippen LogP contribution in [0.2, 0.25) is 10.0 Å². The molecule has 1 aliphatic carbocycles. The summed E-state index contributed by atoms with van der Waals surface area (Å²) in [5.41, 5.74) is 16.1. The summed E-state index contributed by atoms with van der Waals surface area (Å²) in [7, 11) is 0. The highest BCUT2D eigenvalue weighted by molar-refractivity contribution is 6.31. The summed E-state index contributed by atoms with van der Waals surface area (Å²) in [6.07, 6.45) is 9.16. The summed E-state index contributed by atoms with van der Waals surface area (Å²) in [6, 6.07) is 12.1. The van der Waals surface area contributed by atoms with Crippen molar-refractivity contribution in [2.75, 3.05) is 0 Å². The van der Waals surface area contributed by atoms with E-state index in [4.69, 9.17) is 34.7 Å². The molecule has 1 saturated carbocycles. The van der Waals surface area contributed by atoms with Crippen molar-refractivity contribution >= 4 is 47.0 Å². The molecule has 0 saturated heterocycles. The predicted molar refractivity (Wildman–Crippen MR) is 132 cm³/mol. The van der Waals surface area contributed by atoms with E-state index in [9.17, 15) is 0 Å². The number of aliphatic imine (C=N–C) groups is 2. The molecule has 6 nitrogen and oxygen atoms in total. The normalized spacial score (nSPS) is 31.2. The van der Waals surface area contributed by atoms with Crippen LogP contribution < -0.4 is 22.1 Å². The maximum absolute atomic E-state index is 6.82. The lowest BCUT2D eigenvalue weighted by Crippen LogP contribution is -2.59. The van der Waals surface area contributed by atoms with Crippen molar-refractivity contribution in [1.29, 1.82) is 0 Å². The Labute approximate surface area is 198 Å². The number of hydrogen-bond acceptors (Lipinski definition) is 6. The third-order valence-electron chi connectivity index (χ3n) is 6.82. The van der Waals surface area contributed by atoms with Gasteiger partial charge in [-0.15, -0.1) is 0 Å². The van der Waals surface area contributed by atoms with E-state index in [1.165, 1.54) is 0 Å². The van der Waals surface area contributed by atoms with E-state index < -0.39 is 11.3 Å². The average molecular weight is 471 g/mol. The zero-order chi connectivity index (χ0) is 22.3. The van der Waals surface area contributed by atoms with Gasteiger partial charge in [-0.1, -0.05) is 35.3 Å². The highest BCUT2D eigenvalue weighted by atomic mass is 35.5. The molecule has 0 aromatic heterocycles. The van der Waals surface area contributed by atoms with E-state index >= 15 is 0 Å². The van der Waals surface area contributed by atoms with E-state index in [1.807, 2.05) is 48.8 Å². The Morgan fingerprint density at radius 2 is 1.12 bits per heavy atom. The molecule has 2 aliphatic heterocycles. The third-order valence-corrected chi connectivity index (χ3v) is 7.29. The Hall–Kier alpha value is -1.80. The Morgan fingerprint density at radius 1 is 0.719 bits per heavy atom. The number of rotatable bonds is 4. The molecule has 5 rings (SSSR count). The van der Waals surface area contributed by atoms with Gasteiger partial charge in [0.25, 0.3) is 0 Å². The molecule has 2 unspecified atom stereocenters. The molecular formula is C24H28Cl2N6. The summed E-state index contributed by atoms with van der Waals surface area (Å²) in [4.78, 5) is 8.96. The second-order valence-electron chi connectivity index (χ2n) is 9.13. The van der Waals surface area contributed by atoms with E-state index in [0.717, 1.165) is 48.2 Å². The molecule has 0 spiro atoms. The summed E-state index contributed by atoms with van der Waals surface area (Å²) < 4.78 is 0. The van der Waals surface area contributed by atoms with E-state index in [1.54, 1.807) is 0 Å². The van der Waals surface area contributed by atoms with Crippen LogP contribution in [0.4, 0.5) is 11.4 Å². The van der Waals surface area contributed by atoms with Crippen LogP contribution in [0.25, 0.3) is 0 Å². The van der Waals surface area contributed by atoms with Crippen LogP contribution in [0.5, 0.6) is 0 Å². The first-order valence-electron chi connectivity index (χ1n) is 11.1. The van der Waals surface area contributed by atoms with Crippen LogP contribution in [0.1, 0.15) is 49.7 Å². The fraction of sp³-hybridized carbons (Fsp3) is 0.417. The number of hydrogen-bond donors (Lipinski definition) is 4. The molecule has 2 heterocycles. The van der Waals surface area contributed by atoms with Crippen molar-refractivity contribution in [1.82, 2.24) is 10.6 Å². The standard InChI is InChI=1S/C24H28Cl2N6/c25-15-1-7-19-21(13-15)29-11-9-23(19,27)31-17-3-5-18(6-4-17)32-24(28)10-12-30-22-14-16(26)2-8-20(22)24/h1-2,7-8,11-14,17-18,31-32H,3-6,9-10,27-28H2. The first-order chi connectivity index (χ1) is 15.3. The molecule has 0 bridgehead atoms. The number of fused-ring (bicyclic) bond motifs is 2. The Kier molecular flexibility index (Phi) is 5.86. The van der Waals surface area contributed by atoms with Crippen molar-refractivity contribution in [3.8, 4) is 0 Å². The van der Waals surface area contributed by atoms with Gasteiger partial charge in [-0.2, -0.15) is 0 Å². The number of nitrogens with two attached hydrogens (primary N) is 2. The molecule has 2 aromatic rings. The highest BCUT2D eigenvalue weighted by Gasteiger charge is 2.37. The molecule has 3 aliphatic rings. The van der Waals surface area contributed by atoms with Gasteiger partial charge in [-0.05, 0) is 49.9 Å². The summed E-state index contributed by atoms with van der Waals surface area (Å²) in [6.45, 7) is 0.